The molecule has 0 heterocycles. The highest BCUT2D eigenvalue weighted by atomic mass is 35.5. The number of anilines is 1. The fourth-order valence-electron chi connectivity index (χ4n) is 2.24. The molecule has 0 spiro atoms. The number of amides is 1. The Kier molecular flexibility index (Phi) is 6.82. The van der Waals surface area contributed by atoms with Crippen LogP contribution >= 0.6 is 11.6 Å². The van der Waals surface area contributed by atoms with Gasteiger partial charge in [-0.1, -0.05) is 36.7 Å². The quantitative estimate of drug-likeness (QED) is 0.550. The summed E-state index contributed by atoms with van der Waals surface area (Å²) in [5.74, 6) is 0.120. The molecule has 1 amide bonds. The number of rotatable bonds is 6. The monoisotopic (exact) mass is 368 g/mol. The highest BCUT2D eigenvalue weighted by Crippen LogP contribution is 2.27. The largest absolute Gasteiger partial charge is 0.489 e. The van der Waals surface area contributed by atoms with Crippen LogP contribution in [0.15, 0.2) is 48.0 Å². The van der Waals surface area contributed by atoms with Crippen LogP contribution in [0.5, 0.6) is 5.75 Å². The number of aryl methyl sites for hydroxylation is 1. The maximum atomic E-state index is 12.3. The van der Waals surface area contributed by atoms with Gasteiger partial charge in [0, 0.05) is 5.69 Å². The lowest BCUT2D eigenvalue weighted by Crippen LogP contribution is -2.13. The first-order valence-corrected chi connectivity index (χ1v) is 8.76. The number of nitriles is 1. The summed E-state index contributed by atoms with van der Waals surface area (Å²) in [6, 6.07) is 14.5. The van der Waals surface area contributed by atoms with Crippen molar-refractivity contribution in [1.82, 2.24) is 0 Å². The van der Waals surface area contributed by atoms with E-state index >= 15 is 0 Å². The van der Waals surface area contributed by atoms with E-state index in [1.807, 2.05) is 45.0 Å². The van der Waals surface area contributed by atoms with E-state index in [9.17, 15) is 10.1 Å². The molecule has 2 rings (SSSR count). The van der Waals surface area contributed by atoms with Gasteiger partial charge in [-0.15, -0.1) is 0 Å². The minimum Gasteiger partial charge on any atom is -0.489 e. The number of nitrogens with one attached hydrogen (secondary N) is 1. The van der Waals surface area contributed by atoms with E-state index in [1.54, 1.807) is 24.3 Å². The lowest BCUT2D eigenvalue weighted by Gasteiger charge is -2.14. The Hall–Kier alpha value is -2.77. The van der Waals surface area contributed by atoms with Gasteiger partial charge in [-0.2, -0.15) is 5.26 Å². The summed E-state index contributed by atoms with van der Waals surface area (Å²) >= 11 is 6.25. The molecule has 4 nitrogen and oxygen atoms in total. The summed E-state index contributed by atoms with van der Waals surface area (Å²) in [5, 5.41) is 12.5. The first-order chi connectivity index (χ1) is 12.4. The predicted molar refractivity (Wildman–Crippen MR) is 105 cm³/mol. The molecule has 0 bridgehead atoms. The normalized spacial score (nSPS) is 12.2. The van der Waals surface area contributed by atoms with E-state index in [2.05, 4.69) is 5.32 Å². The molecule has 2 aromatic carbocycles. The van der Waals surface area contributed by atoms with Gasteiger partial charge in [0.25, 0.3) is 5.91 Å². The van der Waals surface area contributed by atoms with Crippen LogP contribution in [0.2, 0.25) is 5.02 Å². The summed E-state index contributed by atoms with van der Waals surface area (Å²) in [5.41, 5.74) is 2.32. The smallest absolute Gasteiger partial charge is 0.266 e. The third-order valence-electron chi connectivity index (χ3n) is 3.81. The van der Waals surface area contributed by atoms with Crippen LogP contribution in [0.4, 0.5) is 5.69 Å². The molecule has 0 saturated heterocycles. The van der Waals surface area contributed by atoms with Crippen LogP contribution < -0.4 is 10.1 Å². The minimum atomic E-state index is -0.464. The standard InChI is InChI=1S/C21H21ClN2O2/c1-4-15(3)26-20-9-8-16(12-19(20)22)11-17(13-23)21(25)24-18-7-5-6-14(2)10-18/h5-12,15H,4H2,1-3H3,(H,24,25)/b17-11-/t15-/m1/s1. The van der Waals surface area contributed by atoms with E-state index in [0.717, 1.165) is 12.0 Å². The molecule has 0 aliphatic carbocycles. The summed E-state index contributed by atoms with van der Waals surface area (Å²) in [7, 11) is 0. The fourth-order valence-corrected chi connectivity index (χ4v) is 2.47. The van der Waals surface area contributed by atoms with Gasteiger partial charge in [-0.05, 0) is 61.7 Å². The number of halogens is 1. The third-order valence-corrected chi connectivity index (χ3v) is 4.11. The highest BCUT2D eigenvalue weighted by Gasteiger charge is 2.11. The first kappa shape index (κ1) is 19.6. The Morgan fingerprint density at radius 3 is 2.73 bits per heavy atom. The van der Waals surface area contributed by atoms with Crippen LogP contribution in [0.1, 0.15) is 31.4 Å². The van der Waals surface area contributed by atoms with E-state index in [0.29, 0.717) is 22.0 Å². The fraction of sp³-hybridized carbons (Fsp3) is 0.238. The first-order valence-electron chi connectivity index (χ1n) is 8.39. The average Bonchev–Trinajstić information content (AvgIpc) is 2.61. The Labute approximate surface area is 159 Å². The van der Waals surface area contributed by atoms with E-state index in [-0.39, 0.29) is 11.7 Å². The lowest BCUT2D eigenvalue weighted by atomic mass is 10.1. The Morgan fingerprint density at radius 2 is 2.12 bits per heavy atom. The van der Waals surface area contributed by atoms with Gasteiger partial charge in [0.2, 0.25) is 0 Å². The van der Waals surface area contributed by atoms with Gasteiger partial charge >= 0.3 is 0 Å². The van der Waals surface area contributed by atoms with Crippen molar-refractivity contribution in [3.05, 3.63) is 64.2 Å². The SMILES string of the molecule is CC[C@@H](C)Oc1ccc(/C=C(/C#N)C(=O)Nc2cccc(C)c2)cc1Cl. The number of carbonyl (C=O) groups is 1. The summed E-state index contributed by atoms with van der Waals surface area (Å²) in [4.78, 5) is 12.3. The second-order valence-electron chi connectivity index (χ2n) is 6.02. The predicted octanol–water partition coefficient (Wildman–Crippen LogP) is 5.37. The van der Waals surface area contributed by atoms with Crippen LogP contribution in [-0.2, 0) is 4.79 Å². The number of ether oxygens (including phenoxy) is 1. The zero-order chi connectivity index (χ0) is 19.1. The van der Waals surface area contributed by atoms with Gasteiger partial charge in [0.05, 0.1) is 11.1 Å². The molecule has 0 saturated carbocycles. The average molecular weight is 369 g/mol. The zero-order valence-electron chi connectivity index (χ0n) is 15.0. The molecular formula is C21H21ClN2O2. The van der Waals surface area contributed by atoms with Crippen molar-refractivity contribution >= 4 is 29.3 Å². The highest BCUT2D eigenvalue weighted by molar-refractivity contribution is 6.32. The number of carbonyl (C=O) groups excluding carboxylic acids is 1. The zero-order valence-corrected chi connectivity index (χ0v) is 15.8. The number of hydrogen-bond acceptors (Lipinski definition) is 3. The van der Waals surface area contributed by atoms with Gasteiger partial charge in [0.1, 0.15) is 17.4 Å². The second kappa shape index (κ2) is 9.07. The van der Waals surface area contributed by atoms with Crippen LogP contribution in [-0.4, -0.2) is 12.0 Å². The molecule has 0 unspecified atom stereocenters. The van der Waals surface area contributed by atoms with Gasteiger partial charge in [-0.25, -0.2) is 0 Å². The minimum absolute atomic E-state index is 0.00170. The Balaban J connectivity index is 2.18. The maximum Gasteiger partial charge on any atom is 0.266 e. The van der Waals surface area contributed by atoms with Gasteiger partial charge < -0.3 is 10.1 Å². The molecule has 0 aliphatic heterocycles. The van der Waals surface area contributed by atoms with Crippen LogP contribution in [0, 0.1) is 18.3 Å². The van der Waals surface area contributed by atoms with Crippen molar-refractivity contribution in [2.45, 2.75) is 33.3 Å². The molecule has 0 aromatic heterocycles. The molecular weight excluding hydrogens is 348 g/mol. The third kappa shape index (κ3) is 5.37. The van der Waals surface area contributed by atoms with Crippen molar-refractivity contribution in [3.8, 4) is 11.8 Å². The van der Waals surface area contributed by atoms with Gasteiger partial charge in [0.15, 0.2) is 0 Å². The molecule has 26 heavy (non-hydrogen) atoms. The number of benzene rings is 2. The summed E-state index contributed by atoms with van der Waals surface area (Å²) in [6.45, 7) is 5.93. The van der Waals surface area contributed by atoms with Crippen molar-refractivity contribution in [2.75, 3.05) is 5.32 Å². The Bertz CT molecular complexity index is 869. The summed E-state index contributed by atoms with van der Waals surface area (Å²) < 4.78 is 5.72. The van der Waals surface area contributed by atoms with Crippen molar-refractivity contribution < 1.29 is 9.53 Å². The summed E-state index contributed by atoms with van der Waals surface area (Å²) in [6.07, 6.45) is 2.43. The molecule has 1 N–H and O–H groups in total. The molecule has 0 fully saturated rings. The Morgan fingerprint density at radius 1 is 1.35 bits per heavy atom. The van der Waals surface area contributed by atoms with E-state index in [4.69, 9.17) is 16.3 Å². The second-order valence-corrected chi connectivity index (χ2v) is 6.43. The molecule has 0 aliphatic rings. The maximum absolute atomic E-state index is 12.3. The van der Waals surface area contributed by atoms with E-state index < -0.39 is 5.91 Å². The molecule has 1 atom stereocenters. The molecule has 134 valence electrons. The van der Waals surface area contributed by atoms with E-state index in [1.165, 1.54) is 6.08 Å². The molecule has 2 aromatic rings. The van der Waals surface area contributed by atoms with Crippen LogP contribution in [0.25, 0.3) is 6.08 Å². The van der Waals surface area contributed by atoms with Gasteiger partial charge in [-0.3, -0.25) is 4.79 Å². The lowest BCUT2D eigenvalue weighted by molar-refractivity contribution is -0.112. The topological polar surface area (TPSA) is 62.1 Å². The van der Waals surface area contributed by atoms with Crippen molar-refractivity contribution in [3.63, 3.8) is 0 Å². The van der Waals surface area contributed by atoms with Crippen LogP contribution in [0.3, 0.4) is 0 Å². The number of hydrogen-bond donors (Lipinski definition) is 1. The molecule has 0 radical (unpaired) electrons. The molecule has 5 heteroatoms. The van der Waals surface area contributed by atoms with Crippen molar-refractivity contribution in [1.29, 1.82) is 5.26 Å². The number of nitrogens with zero attached hydrogens (tertiary/aromatic N) is 1. The van der Waals surface area contributed by atoms with Crippen molar-refractivity contribution in [2.24, 2.45) is 0 Å².